The molecule has 0 unspecified atom stereocenters. The fourth-order valence-electron chi connectivity index (χ4n) is 3.18. The van der Waals surface area contributed by atoms with Gasteiger partial charge in [-0.2, -0.15) is 0 Å². The summed E-state index contributed by atoms with van der Waals surface area (Å²) in [5.41, 5.74) is -1.88. The summed E-state index contributed by atoms with van der Waals surface area (Å²) in [5, 5.41) is 5.14. The zero-order valence-electron chi connectivity index (χ0n) is 18.8. The quantitative estimate of drug-likeness (QED) is 0.638. The van der Waals surface area contributed by atoms with E-state index in [9.17, 15) is 23.2 Å². The Balaban J connectivity index is 1.70. The van der Waals surface area contributed by atoms with Crippen molar-refractivity contribution in [2.75, 3.05) is 7.11 Å². The Labute approximate surface area is 189 Å². The highest BCUT2D eigenvalue weighted by Gasteiger charge is 2.51. The Hall–Kier alpha value is -3.56. The summed E-state index contributed by atoms with van der Waals surface area (Å²) in [6.45, 7) is 4.91. The molecule has 2 aromatic rings. The van der Waals surface area contributed by atoms with Gasteiger partial charge in [0.15, 0.2) is 0 Å². The Morgan fingerprint density at radius 1 is 1.15 bits per heavy atom. The number of carbonyl (C=O) groups excluding carboxylic acids is 3. The van der Waals surface area contributed by atoms with Crippen molar-refractivity contribution in [3.63, 3.8) is 0 Å². The predicted molar refractivity (Wildman–Crippen MR) is 114 cm³/mol. The minimum absolute atomic E-state index is 0.0591. The molecule has 1 aromatic carbocycles. The molecule has 33 heavy (non-hydrogen) atoms. The molecule has 0 bridgehead atoms. The molecule has 0 aliphatic heterocycles. The van der Waals surface area contributed by atoms with Crippen LogP contribution in [-0.4, -0.2) is 41.2 Å². The van der Waals surface area contributed by atoms with E-state index in [0.29, 0.717) is 12.8 Å². The first-order chi connectivity index (χ1) is 15.5. The van der Waals surface area contributed by atoms with Crippen molar-refractivity contribution in [2.45, 2.75) is 51.3 Å². The standard InChI is InChI=1S/C23H25F2N3O5/c1-22(2,3)33-21(31)28-23(8-9-23)20(30)27-12-17-16(25)10-13(11-26-17)14-6-5-7-15(24)18(14)19(29)32-4/h5-7,10-11H,8-9,12H2,1-4H3,(H,27,30)(H,28,31). The first kappa shape index (κ1) is 24.1. The van der Waals surface area contributed by atoms with Crippen molar-refractivity contribution in [1.29, 1.82) is 0 Å². The van der Waals surface area contributed by atoms with Gasteiger partial charge < -0.3 is 20.1 Å². The minimum Gasteiger partial charge on any atom is -0.465 e. The number of nitrogens with zero attached hydrogens (tertiary/aromatic N) is 1. The summed E-state index contributed by atoms with van der Waals surface area (Å²) in [5.74, 6) is -2.93. The molecular formula is C23H25F2N3O5. The predicted octanol–water partition coefficient (Wildman–Crippen LogP) is 3.49. The van der Waals surface area contributed by atoms with E-state index in [-0.39, 0.29) is 28.9 Å². The van der Waals surface area contributed by atoms with E-state index in [0.717, 1.165) is 19.2 Å². The third-order valence-electron chi connectivity index (χ3n) is 4.97. The molecule has 2 amide bonds. The smallest absolute Gasteiger partial charge is 0.408 e. The van der Waals surface area contributed by atoms with Gasteiger partial charge in [0.25, 0.3) is 0 Å². The van der Waals surface area contributed by atoms with E-state index >= 15 is 0 Å². The average Bonchev–Trinajstić information content (AvgIpc) is 3.51. The highest BCUT2D eigenvalue weighted by Crippen LogP contribution is 2.36. The second kappa shape index (κ2) is 9.13. The third-order valence-corrected chi connectivity index (χ3v) is 4.97. The Morgan fingerprint density at radius 3 is 2.42 bits per heavy atom. The Morgan fingerprint density at radius 2 is 1.85 bits per heavy atom. The number of halogens is 2. The lowest BCUT2D eigenvalue weighted by Crippen LogP contribution is -2.50. The second-order valence-electron chi connectivity index (χ2n) is 8.70. The van der Waals surface area contributed by atoms with Crippen LogP contribution in [0.5, 0.6) is 0 Å². The number of carbonyl (C=O) groups is 3. The van der Waals surface area contributed by atoms with E-state index in [2.05, 4.69) is 20.4 Å². The van der Waals surface area contributed by atoms with Crippen LogP contribution in [0.4, 0.5) is 13.6 Å². The number of hydrogen-bond acceptors (Lipinski definition) is 6. The van der Waals surface area contributed by atoms with Gasteiger partial charge >= 0.3 is 12.1 Å². The molecule has 1 fully saturated rings. The molecule has 1 aliphatic carbocycles. The number of esters is 1. The number of alkyl carbamates (subject to hydrolysis) is 1. The summed E-state index contributed by atoms with van der Waals surface area (Å²) < 4.78 is 38.6. The molecule has 0 radical (unpaired) electrons. The summed E-state index contributed by atoms with van der Waals surface area (Å²) in [6, 6.07) is 5.03. The summed E-state index contributed by atoms with van der Waals surface area (Å²) >= 11 is 0. The van der Waals surface area contributed by atoms with Crippen molar-refractivity contribution in [3.8, 4) is 11.1 Å². The molecule has 3 rings (SSSR count). The van der Waals surface area contributed by atoms with Crippen molar-refractivity contribution in [2.24, 2.45) is 0 Å². The monoisotopic (exact) mass is 461 g/mol. The highest BCUT2D eigenvalue weighted by molar-refractivity contribution is 5.97. The van der Waals surface area contributed by atoms with Gasteiger partial charge in [0, 0.05) is 17.3 Å². The number of rotatable bonds is 6. The lowest BCUT2D eigenvalue weighted by molar-refractivity contribution is -0.124. The van der Waals surface area contributed by atoms with Crippen molar-refractivity contribution >= 4 is 18.0 Å². The molecule has 0 spiro atoms. The van der Waals surface area contributed by atoms with Crippen LogP contribution in [-0.2, 0) is 20.8 Å². The van der Waals surface area contributed by atoms with Gasteiger partial charge in [-0.1, -0.05) is 12.1 Å². The van der Waals surface area contributed by atoms with Crippen LogP contribution < -0.4 is 10.6 Å². The number of methoxy groups -OCH3 is 1. The Bertz CT molecular complexity index is 1090. The number of aromatic nitrogens is 1. The van der Waals surface area contributed by atoms with E-state index < -0.39 is 40.7 Å². The number of pyridine rings is 1. The molecule has 10 heteroatoms. The van der Waals surface area contributed by atoms with Crippen LogP contribution in [0, 0.1) is 11.6 Å². The van der Waals surface area contributed by atoms with Gasteiger partial charge in [-0.15, -0.1) is 0 Å². The van der Waals surface area contributed by atoms with Crippen molar-refractivity contribution in [3.05, 3.63) is 53.4 Å². The first-order valence-corrected chi connectivity index (χ1v) is 10.3. The van der Waals surface area contributed by atoms with Crippen LogP contribution in [0.3, 0.4) is 0 Å². The van der Waals surface area contributed by atoms with Crippen LogP contribution in [0.1, 0.15) is 49.7 Å². The van der Waals surface area contributed by atoms with Crippen LogP contribution in [0.15, 0.2) is 30.5 Å². The Kier molecular flexibility index (Phi) is 6.66. The van der Waals surface area contributed by atoms with Gasteiger partial charge in [-0.3, -0.25) is 9.78 Å². The van der Waals surface area contributed by atoms with Crippen LogP contribution in [0.25, 0.3) is 11.1 Å². The number of benzene rings is 1. The van der Waals surface area contributed by atoms with Crippen LogP contribution in [0.2, 0.25) is 0 Å². The fraction of sp³-hybridized carbons (Fsp3) is 0.391. The van der Waals surface area contributed by atoms with Gasteiger partial charge in [-0.25, -0.2) is 18.4 Å². The summed E-state index contributed by atoms with van der Waals surface area (Å²) in [4.78, 5) is 40.5. The van der Waals surface area contributed by atoms with Gasteiger partial charge in [-0.05, 0) is 45.7 Å². The molecule has 2 N–H and O–H groups in total. The summed E-state index contributed by atoms with van der Waals surface area (Å²) in [6.07, 6.45) is 1.43. The zero-order valence-corrected chi connectivity index (χ0v) is 18.8. The number of hydrogen-bond donors (Lipinski definition) is 2. The maximum atomic E-state index is 14.7. The minimum atomic E-state index is -1.09. The normalized spacial score (nSPS) is 14.2. The fourth-order valence-corrected chi connectivity index (χ4v) is 3.18. The van der Waals surface area contributed by atoms with Gasteiger partial charge in [0.1, 0.15) is 28.3 Å². The van der Waals surface area contributed by atoms with Gasteiger partial charge in [0.05, 0.1) is 19.3 Å². The molecule has 1 saturated carbocycles. The number of nitrogens with one attached hydrogen (secondary N) is 2. The van der Waals surface area contributed by atoms with Crippen molar-refractivity contribution < 1.29 is 32.6 Å². The first-order valence-electron chi connectivity index (χ1n) is 10.3. The number of amides is 2. The lowest BCUT2D eigenvalue weighted by atomic mass is 10.00. The van der Waals surface area contributed by atoms with E-state index in [1.807, 2.05) is 0 Å². The van der Waals surface area contributed by atoms with E-state index in [1.54, 1.807) is 20.8 Å². The molecule has 1 heterocycles. The third kappa shape index (κ3) is 5.63. The molecule has 1 aromatic heterocycles. The summed E-state index contributed by atoms with van der Waals surface area (Å²) in [7, 11) is 1.12. The molecule has 0 atom stereocenters. The number of ether oxygens (including phenoxy) is 2. The SMILES string of the molecule is COC(=O)c1c(F)cccc1-c1cnc(CNC(=O)C2(NC(=O)OC(C)(C)C)CC2)c(F)c1. The van der Waals surface area contributed by atoms with Gasteiger partial charge in [0.2, 0.25) is 5.91 Å². The van der Waals surface area contributed by atoms with Crippen LogP contribution >= 0.6 is 0 Å². The highest BCUT2D eigenvalue weighted by atomic mass is 19.1. The topological polar surface area (TPSA) is 107 Å². The largest absolute Gasteiger partial charge is 0.465 e. The molecule has 1 aliphatic rings. The molecule has 176 valence electrons. The molecule has 0 saturated heterocycles. The van der Waals surface area contributed by atoms with E-state index in [1.165, 1.54) is 18.3 Å². The molecular weight excluding hydrogens is 436 g/mol. The zero-order chi connectivity index (χ0) is 24.4. The van der Waals surface area contributed by atoms with Crippen molar-refractivity contribution in [1.82, 2.24) is 15.6 Å². The maximum Gasteiger partial charge on any atom is 0.408 e. The van der Waals surface area contributed by atoms with E-state index in [4.69, 9.17) is 4.74 Å². The average molecular weight is 461 g/mol. The second-order valence-corrected chi connectivity index (χ2v) is 8.70. The molecule has 8 nitrogen and oxygen atoms in total. The lowest BCUT2D eigenvalue weighted by Gasteiger charge is -2.23. The maximum absolute atomic E-state index is 14.7.